The minimum Gasteiger partial charge on any atom is -0.508 e. The van der Waals surface area contributed by atoms with Crippen molar-refractivity contribution in [3.8, 4) is 5.75 Å². The molecular weight excluding hydrogens is 418 g/mol. The van der Waals surface area contributed by atoms with Crippen molar-refractivity contribution in [1.82, 2.24) is 5.32 Å². The largest absolute Gasteiger partial charge is 0.508 e. The summed E-state index contributed by atoms with van der Waals surface area (Å²) >= 11 is 0. The topological polar surface area (TPSA) is 144 Å². The Bertz CT molecular complexity index is 921. The van der Waals surface area contributed by atoms with Gasteiger partial charge in [-0.05, 0) is 73.0 Å². The van der Waals surface area contributed by atoms with Crippen LogP contribution >= 0.6 is 0 Å². The molecule has 10 nitrogen and oxygen atoms in total. The summed E-state index contributed by atoms with van der Waals surface area (Å²) in [7, 11) is 0. The Kier molecular flexibility index (Phi) is 6.23. The van der Waals surface area contributed by atoms with Gasteiger partial charge in [0.15, 0.2) is 6.61 Å². The fraction of sp³-hybridized carbons (Fsp3) is 0.636. The lowest BCUT2D eigenvalue weighted by atomic mass is 9.55. The zero-order chi connectivity index (χ0) is 22.9. The molecule has 174 valence electrons. The molecule has 2 saturated carbocycles. The maximum Gasteiger partial charge on any atom is 0.294 e. The van der Waals surface area contributed by atoms with E-state index < -0.39 is 11.0 Å². The van der Waals surface area contributed by atoms with E-state index in [0.29, 0.717) is 29.9 Å². The van der Waals surface area contributed by atoms with Crippen LogP contribution in [0.25, 0.3) is 0 Å². The minimum absolute atomic E-state index is 0.0111. The van der Waals surface area contributed by atoms with Gasteiger partial charge in [0.2, 0.25) is 0 Å². The van der Waals surface area contributed by atoms with E-state index in [1.165, 1.54) is 0 Å². The molecule has 3 aliphatic carbocycles. The zero-order valence-electron chi connectivity index (χ0n) is 18.0. The van der Waals surface area contributed by atoms with Gasteiger partial charge in [0.25, 0.3) is 11.0 Å². The van der Waals surface area contributed by atoms with E-state index in [1.807, 2.05) is 6.07 Å². The van der Waals surface area contributed by atoms with Crippen LogP contribution in [0.15, 0.2) is 23.4 Å². The number of carbonyl (C=O) groups is 1. The van der Waals surface area contributed by atoms with Crippen LogP contribution in [0.4, 0.5) is 0 Å². The van der Waals surface area contributed by atoms with Crippen molar-refractivity contribution in [3.63, 3.8) is 0 Å². The van der Waals surface area contributed by atoms with Gasteiger partial charge in [-0.1, -0.05) is 18.1 Å². The highest BCUT2D eigenvalue weighted by Gasteiger charge is 2.55. The third-order valence-corrected chi connectivity index (χ3v) is 7.55. The average molecular weight is 447 g/mol. The van der Waals surface area contributed by atoms with E-state index in [2.05, 4.69) is 22.2 Å². The first-order chi connectivity index (χ1) is 15.3. The first-order valence-electron chi connectivity index (χ1n) is 11.0. The Balaban J connectivity index is 1.48. The van der Waals surface area contributed by atoms with Gasteiger partial charge >= 0.3 is 0 Å². The summed E-state index contributed by atoms with van der Waals surface area (Å²) in [6.45, 7) is 1.61. The van der Waals surface area contributed by atoms with E-state index in [1.54, 1.807) is 12.1 Å². The highest BCUT2D eigenvalue weighted by atomic mass is 16.9. The summed E-state index contributed by atoms with van der Waals surface area (Å²) in [4.78, 5) is 31.5. The number of aliphatic hydroxyl groups excluding tert-OH is 1. The van der Waals surface area contributed by atoms with E-state index in [4.69, 9.17) is 4.84 Å². The molecule has 0 aromatic heterocycles. The number of aliphatic hydroxyl groups is 1. The Morgan fingerprint density at radius 1 is 1.38 bits per heavy atom. The number of oxime groups is 1. The standard InChI is InChI=1S/C22H29N3O7/c1-22-7-6-15-14-3-2-13(26)10-17(14)19(11-16(15)18(22)4-5-20(22)27)24-31-12-21(28)23-8-9-32-25(29)30/h2-3,10,15-16,18,20,26-27H,4-9,11-12H2,1H3,(H,23,28)/t15-,16-,18+,20+,22+/m1/s1. The number of hydrogen-bond acceptors (Lipinski definition) is 8. The Morgan fingerprint density at radius 2 is 2.19 bits per heavy atom. The van der Waals surface area contributed by atoms with Gasteiger partial charge in [0, 0.05) is 12.1 Å². The highest BCUT2D eigenvalue weighted by Crippen LogP contribution is 2.61. The molecule has 1 amide bonds. The van der Waals surface area contributed by atoms with Gasteiger partial charge < -0.3 is 25.2 Å². The smallest absolute Gasteiger partial charge is 0.294 e. The molecule has 1 aromatic carbocycles. The highest BCUT2D eigenvalue weighted by molar-refractivity contribution is 6.03. The quantitative estimate of drug-likeness (QED) is 0.330. The maximum absolute atomic E-state index is 11.9. The Hall–Kier alpha value is -2.88. The molecule has 3 N–H and O–H groups in total. The second-order valence-corrected chi connectivity index (χ2v) is 9.21. The van der Waals surface area contributed by atoms with Crippen molar-refractivity contribution >= 4 is 11.6 Å². The second-order valence-electron chi connectivity index (χ2n) is 9.21. The number of phenolic OH excluding ortho intramolecular Hbond substituents is 1. The van der Waals surface area contributed by atoms with E-state index >= 15 is 0 Å². The van der Waals surface area contributed by atoms with Crippen LogP contribution in [-0.4, -0.2) is 52.8 Å². The van der Waals surface area contributed by atoms with Crippen LogP contribution in [-0.2, 0) is 14.5 Å². The number of nitrogens with zero attached hydrogens (tertiary/aromatic N) is 2. The molecule has 3 aliphatic rings. The first kappa shape index (κ1) is 22.3. The third-order valence-electron chi connectivity index (χ3n) is 7.55. The average Bonchev–Trinajstić information content (AvgIpc) is 3.06. The van der Waals surface area contributed by atoms with Crippen molar-refractivity contribution in [2.45, 2.75) is 51.0 Å². The maximum atomic E-state index is 11.9. The van der Waals surface area contributed by atoms with Crippen molar-refractivity contribution in [2.24, 2.45) is 22.4 Å². The third kappa shape index (κ3) is 4.23. The van der Waals surface area contributed by atoms with Crippen molar-refractivity contribution in [3.05, 3.63) is 39.4 Å². The summed E-state index contributed by atoms with van der Waals surface area (Å²) in [6.07, 6.45) is 4.13. The predicted molar refractivity (Wildman–Crippen MR) is 113 cm³/mol. The van der Waals surface area contributed by atoms with Crippen molar-refractivity contribution in [1.29, 1.82) is 0 Å². The molecular formula is C22H29N3O7. The lowest BCUT2D eigenvalue weighted by Crippen LogP contribution is -2.45. The summed E-state index contributed by atoms with van der Waals surface area (Å²) in [5.74, 6) is 0.732. The number of phenols is 1. The number of benzene rings is 1. The first-order valence-corrected chi connectivity index (χ1v) is 11.0. The predicted octanol–water partition coefficient (Wildman–Crippen LogP) is 2.11. The zero-order valence-corrected chi connectivity index (χ0v) is 18.0. The molecule has 0 bridgehead atoms. The number of aromatic hydroxyl groups is 1. The van der Waals surface area contributed by atoms with Crippen LogP contribution in [0.1, 0.15) is 56.1 Å². The van der Waals surface area contributed by atoms with Gasteiger partial charge in [-0.2, -0.15) is 0 Å². The van der Waals surface area contributed by atoms with Crippen LogP contribution in [0.2, 0.25) is 0 Å². The number of fused-ring (bicyclic) bond motifs is 5. The second kappa shape index (κ2) is 8.93. The molecule has 32 heavy (non-hydrogen) atoms. The Labute approximate surface area is 185 Å². The molecule has 10 heteroatoms. The fourth-order valence-electron chi connectivity index (χ4n) is 6.00. The lowest BCUT2D eigenvalue weighted by molar-refractivity contribution is -0.757. The van der Waals surface area contributed by atoms with Crippen LogP contribution in [0.3, 0.4) is 0 Å². The van der Waals surface area contributed by atoms with E-state index in [9.17, 15) is 25.1 Å². The molecule has 1 aromatic rings. The lowest BCUT2D eigenvalue weighted by Gasteiger charge is -2.50. The molecule has 4 rings (SSSR count). The molecule has 2 fully saturated rings. The van der Waals surface area contributed by atoms with Crippen LogP contribution < -0.4 is 5.32 Å². The fourth-order valence-corrected chi connectivity index (χ4v) is 6.00. The molecule has 0 heterocycles. The van der Waals surface area contributed by atoms with Crippen molar-refractivity contribution in [2.75, 3.05) is 19.8 Å². The van der Waals surface area contributed by atoms with E-state index in [-0.39, 0.29) is 37.0 Å². The monoisotopic (exact) mass is 447 g/mol. The van der Waals surface area contributed by atoms with Gasteiger partial charge in [0.1, 0.15) is 12.4 Å². The number of rotatable bonds is 7. The molecule has 0 saturated heterocycles. The number of amides is 1. The number of carbonyl (C=O) groups excluding carboxylic acids is 1. The van der Waals surface area contributed by atoms with Crippen LogP contribution in [0.5, 0.6) is 5.75 Å². The normalized spacial score (nSPS) is 31.9. The summed E-state index contributed by atoms with van der Waals surface area (Å²) in [6, 6.07) is 5.34. The summed E-state index contributed by atoms with van der Waals surface area (Å²) < 4.78 is 0. The van der Waals surface area contributed by atoms with Crippen LogP contribution in [0, 0.1) is 27.4 Å². The minimum atomic E-state index is -0.919. The molecule has 0 radical (unpaired) electrons. The van der Waals surface area contributed by atoms with Crippen molar-refractivity contribution < 1.29 is 29.8 Å². The number of nitrogens with one attached hydrogen (secondary N) is 1. The summed E-state index contributed by atoms with van der Waals surface area (Å²) in [5.41, 5.74) is 2.57. The summed E-state index contributed by atoms with van der Waals surface area (Å²) in [5, 5.41) is 36.6. The molecule has 5 atom stereocenters. The van der Waals surface area contributed by atoms with Gasteiger partial charge in [-0.3, -0.25) is 4.79 Å². The van der Waals surface area contributed by atoms with Gasteiger partial charge in [0.05, 0.1) is 11.8 Å². The SMILES string of the molecule is C[C@]12CC[C@@H]3c4ccc(O)cc4C(=NOCC(=O)NCCO[N+](=O)[O-])C[C@H]3[C@@H]1CC[C@@H]2O. The van der Waals surface area contributed by atoms with E-state index in [0.717, 1.165) is 36.8 Å². The molecule has 0 unspecified atom stereocenters. The van der Waals surface area contributed by atoms with Gasteiger partial charge in [-0.15, -0.1) is 10.1 Å². The number of hydrogen-bond donors (Lipinski definition) is 3. The Morgan fingerprint density at radius 3 is 2.97 bits per heavy atom. The van der Waals surface area contributed by atoms with Gasteiger partial charge in [-0.25, -0.2) is 0 Å². The molecule has 0 spiro atoms. The molecule has 0 aliphatic heterocycles.